The second kappa shape index (κ2) is 40.6. The molecule has 0 atom stereocenters. The number of aromatic nitrogens is 20. The largest absolute Gasteiger partial charge is 0.492 e. The van der Waals surface area contributed by atoms with Crippen LogP contribution in [0.3, 0.4) is 0 Å². The Labute approximate surface area is 788 Å². The van der Waals surface area contributed by atoms with E-state index in [-0.39, 0.29) is 45.9 Å². The summed E-state index contributed by atoms with van der Waals surface area (Å²) in [4.78, 5) is 100. The van der Waals surface area contributed by atoms with Gasteiger partial charge in [0.25, 0.3) is 29.5 Å². The number of amides is 5. The van der Waals surface area contributed by atoms with Crippen molar-refractivity contribution in [3.8, 4) is 63.3 Å². The van der Waals surface area contributed by atoms with Crippen molar-refractivity contribution in [2.45, 2.75) is 40.5 Å². The van der Waals surface area contributed by atoms with Crippen molar-refractivity contribution in [1.29, 1.82) is 0 Å². The molecule has 141 heavy (non-hydrogen) atoms. The molecule has 20 aromatic rings. The lowest BCUT2D eigenvalue weighted by molar-refractivity contribution is 0.101. The highest BCUT2D eigenvalue weighted by molar-refractivity contribution is 6.35. The van der Waals surface area contributed by atoms with E-state index in [1.165, 1.54) is 72.9 Å². The number of fused-ring (bicyclic) bond motifs is 5. The van der Waals surface area contributed by atoms with Gasteiger partial charge >= 0.3 is 0 Å². The molecule has 46 heteroatoms. The van der Waals surface area contributed by atoms with Crippen LogP contribution in [0.5, 0.6) is 5.75 Å². The van der Waals surface area contributed by atoms with Crippen LogP contribution < -0.4 is 31.3 Å². The number of nitrogens with zero attached hydrogens (tertiary/aromatic N) is 11. The van der Waals surface area contributed by atoms with Gasteiger partial charge in [0.15, 0.2) is 52.4 Å². The SMILES string of the molecule is Cc1c(F)ccc2[nH]c(-c3[nH]ncc3NC(=O)c3c(F)cccc3F)nc12.Cc1ccc(C(=O)Nc2cn[nH]c2-c2nc3cc(C)c(C)cc3[nH]2)cc1.O=C(Nc1cn[nH]c1-c1nc2c(Cl)cccc2[nH]1)c1c(F)cccc1F.O=C(Nc1cn[nH]c1-c1nc2c(F)c(F)c(F)c(F)c2[nH]1)c1c(F)cccc1F.O=C(Nc1cn[nH]c1-c1nc2ccc(OCCN3CCCC3)cc2[nH]1)c1c(F)cccc1F. The highest BCUT2D eigenvalue weighted by Gasteiger charge is 2.30. The lowest BCUT2D eigenvalue weighted by atomic mass is 10.1. The molecule has 0 radical (unpaired) electrons. The van der Waals surface area contributed by atoms with E-state index in [1.54, 1.807) is 43.5 Å². The van der Waals surface area contributed by atoms with Gasteiger partial charge in [0, 0.05) is 23.7 Å². The molecule has 0 aliphatic carbocycles. The van der Waals surface area contributed by atoms with Crippen LogP contribution in [0.15, 0.2) is 189 Å². The highest BCUT2D eigenvalue weighted by Crippen LogP contribution is 2.37. The number of benzene rings is 10. The molecule has 10 aromatic carbocycles. The molecule has 714 valence electrons. The second-order valence-electron chi connectivity index (χ2n) is 31.5. The Hall–Kier alpha value is -17.9. The lowest BCUT2D eigenvalue weighted by Crippen LogP contribution is -2.25. The van der Waals surface area contributed by atoms with Crippen molar-refractivity contribution in [2.24, 2.45) is 0 Å². The smallest absolute Gasteiger partial charge is 0.261 e. The lowest BCUT2D eigenvalue weighted by Gasteiger charge is -2.14. The summed E-state index contributed by atoms with van der Waals surface area (Å²) in [5, 5.41) is 45.6. The van der Waals surface area contributed by atoms with E-state index in [9.17, 15) is 81.0 Å². The number of aromatic amines is 10. The van der Waals surface area contributed by atoms with Gasteiger partial charge < -0.3 is 56.2 Å². The first-order valence-corrected chi connectivity index (χ1v) is 42.7. The number of nitrogens with one attached hydrogen (secondary N) is 15. The van der Waals surface area contributed by atoms with E-state index in [4.69, 9.17) is 16.3 Å². The van der Waals surface area contributed by atoms with Gasteiger partial charge in [-0.25, -0.2) is 82.0 Å². The average Bonchev–Trinajstić information content (AvgIpc) is 1.57. The summed E-state index contributed by atoms with van der Waals surface area (Å²) < 4.78 is 185. The van der Waals surface area contributed by atoms with Crippen LogP contribution in [-0.4, -0.2) is 162 Å². The summed E-state index contributed by atoms with van der Waals surface area (Å²) in [6, 6.07) is 37.6. The number of halogens is 14. The topological polar surface area (TPSA) is 445 Å². The number of hydrogen-bond donors (Lipinski definition) is 15. The van der Waals surface area contributed by atoms with Gasteiger partial charge in [-0.3, -0.25) is 54.4 Å². The average molecular weight is 1950 g/mol. The molecule has 1 aliphatic rings. The molecule has 11 heterocycles. The minimum Gasteiger partial charge on any atom is -0.492 e. The maximum atomic E-state index is 13.9. The van der Waals surface area contributed by atoms with Crippen molar-refractivity contribution in [3.05, 3.63) is 319 Å². The molecular weight excluding hydrogens is 1880 g/mol. The molecule has 0 bridgehead atoms. The van der Waals surface area contributed by atoms with Crippen LogP contribution in [0, 0.1) is 103 Å². The van der Waals surface area contributed by atoms with Gasteiger partial charge in [-0.1, -0.05) is 59.6 Å². The minimum absolute atomic E-state index is 0.161. The summed E-state index contributed by atoms with van der Waals surface area (Å²) in [6.45, 7) is 11.5. The molecule has 15 N–H and O–H groups in total. The number of carbonyl (C=O) groups excluding carboxylic acids is 5. The van der Waals surface area contributed by atoms with E-state index in [0.717, 1.165) is 108 Å². The van der Waals surface area contributed by atoms with Crippen molar-refractivity contribution in [2.75, 3.05) is 52.8 Å². The standard InChI is InChI=1S/C23H22F2N6O2.C20H19N5O.C18H12F3N5O.C17H10ClF2N5O.C17H7F6N5O/c24-15-4-3-5-16(25)20(15)23(32)29-19-13-26-30-21(19)22-27-17-7-6-14(12-18(17)28-22)33-11-10-31-8-1-2-9-31;1-11-4-6-14(7-5-11)20(26)24-17-10-21-25-18(17)19-22-15-8-12(2)13(3)9-16(15)23-19;1-8-9(19)5-6-12-15(8)25-17(23-12)16-13(7-22-26-16)24-18(27)14-10(20)3-2-4-11(14)21;18-8-3-1-6-11-14(8)24-16(22-11)15-12(7-21-25-15)23-17(26)13-9(19)4-2-5-10(13)20;18-5-2-1-3-6(19)8(5)17(29)25-7-4-24-28-13(7)16-26-14-11(22)9(20)10(21)12(23)15(14)27-16/h3-7,12-13H,1-2,8-11H2,(H,26,30)(H,27,28)(H,29,32);4-10H,1-3H3,(H,21,25)(H,22,23)(H,24,26);2-7H,1H3,(H,22,26)(H,23,25)(H,24,27);1-7H,(H,21,25)(H,22,24)(H,23,26);1-4H,(H,24,28)(H,25,29)(H,26,27). The van der Waals surface area contributed by atoms with Gasteiger partial charge in [0.05, 0.1) is 103 Å². The molecular formula is C95H70ClF13N26O6. The van der Waals surface area contributed by atoms with E-state index < -0.39 is 133 Å². The van der Waals surface area contributed by atoms with Gasteiger partial charge in [-0.2, -0.15) is 25.5 Å². The van der Waals surface area contributed by atoms with Crippen LogP contribution in [0.1, 0.15) is 86.9 Å². The fraction of sp³-hybridized carbons (Fsp3) is 0.105. The fourth-order valence-corrected chi connectivity index (χ4v) is 15.0. The monoisotopic (exact) mass is 1950 g/mol. The predicted molar refractivity (Wildman–Crippen MR) is 495 cm³/mol. The number of carbonyl (C=O) groups is 5. The zero-order valence-electron chi connectivity index (χ0n) is 73.3. The maximum Gasteiger partial charge on any atom is 0.261 e. The first kappa shape index (κ1) is 94.8. The first-order chi connectivity index (χ1) is 67.9. The Balaban J connectivity index is 0.000000122. The number of anilines is 5. The van der Waals surface area contributed by atoms with E-state index in [1.807, 2.05) is 43.3 Å². The number of ether oxygens (including phenoxy) is 1. The Kier molecular flexibility index (Phi) is 27.3. The number of likely N-dealkylation sites (tertiary alicyclic amines) is 1. The van der Waals surface area contributed by atoms with Gasteiger partial charge in [0.2, 0.25) is 0 Å². The Morgan fingerprint density at radius 3 is 1.17 bits per heavy atom. The van der Waals surface area contributed by atoms with E-state index in [2.05, 4.69) is 152 Å². The van der Waals surface area contributed by atoms with Gasteiger partial charge in [0.1, 0.15) is 132 Å². The molecule has 0 unspecified atom stereocenters. The van der Waals surface area contributed by atoms with Crippen LogP contribution in [0.25, 0.3) is 113 Å². The van der Waals surface area contributed by atoms with E-state index in [0.29, 0.717) is 96.4 Å². The normalized spacial score (nSPS) is 11.8. The molecule has 1 saturated heterocycles. The van der Waals surface area contributed by atoms with Gasteiger partial charge in [-0.05, 0) is 174 Å². The quantitative estimate of drug-likeness (QED) is 0.0203. The van der Waals surface area contributed by atoms with E-state index >= 15 is 0 Å². The molecule has 0 saturated carbocycles. The Morgan fingerprint density at radius 2 is 0.723 bits per heavy atom. The second-order valence-corrected chi connectivity index (χ2v) is 31.9. The van der Waals surface area contributed by atoms with Crippen LogP contribution in [-0.2, 0) is 0 Å². The highest BCUT2D eigenvalue weighted by atomic mass is 35.5. The number of aryl methyl sites for hydroxylation is 4. The summed E-state index contributed by atoms with van der Waals surface area (Å²) in [7, 11) is 0. The van der Waals surface area contributed by atoms with Crippen molar-refractivity contribution in [3.63, 3.8) is 0 Å². The summed E-state index contributed by atoms with van der Waals surface area (Å²) in [5.74, 6) is -18.0. The minimum atomic E-state index is -2.04. The molecule has 1 aliphatic heterocycles. The molecule has 32 nitrogen and oxygen atoms in total. The molecule has 10 aromatic heterocycles. The number of rotatable bonds is 19. The van der Waals surface area contributed by atoms with Crippen molar-refractivity contribution < 1.29 is 85.8 Å². The predicted octanol–water partition coefficient (Wildman–Crippen LogP) is 20.2. The Bertz CT molecular complexity index is 8030. The number of H-pyrrole nitrogens is 10. The molecule has 0 spiro atoms. The third-order valence-corrected chi connectivity index (χ3v) is 22.4. The Morgan fingerprint density at radius 1 is 0.355 bits per heavy atom. The van der Waals surface area contributed by atoms with Crippen LogP contribution >= 0.6 is 11.6 Å². The maximum absolute atomic E-state index is 13.9. The summed E-state index contributed by atoms with van der Waals surface area (Å²) in [6.07, 6.45) is 9.07. The van der Waals surface area contributed by atoms with Crippen molar-refractivity contribution >= 4 is 125 Å². The fourth-order valence-electron chi connectivity index (χ4n) is 14.8. The molecule has 21 rings (SSSR count). The zero-order valence-corrected chi connectivity index (χ0v) is 74.1. The van der Waals surface area contributed by atoms with Crippen LogP contribution in [0.4, 0.5) is 85.5 Å². The zero-order chi connectivity index (χ0) is 99.3. The molecule has 1 fully saturated rings. The number of hydrogen-bond acceptors (Lipinski definition) is 17. The first-order valence-electron chi connectivity index (χ1n) is 42.3. The summed E-state index contributed by atoms with van der Waals surface area (Å²) >= 11 is 6.11. The summed E-state index contributed by atoms with van der Waals surface area (Å²) in [5.41, 5.74) is 8.06. The number of imidazole rings is 5. The third-order valence-electron chi connectivity index (χ3n) is 22.1. The van der Waals surface area contributed by atoms with Gasteiger partial charge in [-0.15, -0.1) is 0 Å². The molecule has 5 amide bonds. The number of para-hydroxylation sites is 1. The third kappa shape index (κ3) is 20.2. The van der Waals surface area contributed by atoms with Crippen LogP contribution in [0.2, 0.25) is 5.02 Å². The van der Waals surface area contributed by atoms with Crippen molar-refractivity contribution in [1.82, 2.24) is 106 Å².